The van der Waals surface area contributed by atoms with Gasteiger partial charge in [-0.25, -0.2) is 0 Å². The highest BCUT2D eigenvalue weighted by Gasteiger charge is 2.22. The molecule has 0 fully saturated rings. The molecule has 0 aromatic carbocycles. The highest BCUT2D eigenvalue weighted by atomic mass is 16.5. The third-order valence-electron chi connectivity index (χ3n) is 2.62. The molecule has 0 aliphatic heterocycles. The Hall–Kier alpha value is -0.520. The second-order valence-corrected chi connectivity index (χ2v) is 4.16. The summed E-state index contributed by atoms with van der Waals surface area (Å²) in [5, 5.41) is 3.33. The molecule has 15 heavy (non-hydrogen) atoms. The van der Waals surface area contributed by atoms with Crippen molar-refractivity contribution in [3.63, 3.8) is 0 Å². The zero-order valence-electron chi connectivity index (χ0n) is 10.5. The van der Waals surface area contributed by atoms with E-state index >= 15 is 0 Å². The van der Waals surface area contributed by atoms with Crippen LogP contribution in [0, 0.1) is 18.3 Å². The summed E-state index contributed by atoms with van der Waals surface area (Å²) in [6.45, 7) is 7.22. The van der Waals surface area contributed by atoms with Gasteiger partial charge in [0.15, 0.2) is 0 Å². The van der Waals surface area contributed by atoms with Crippen molar-refractivity contribution in [2.45, 2.75) is 52.2 Å². The highest BCUT2D eigenvalue weighted by Crippen LogP contribution is 2.15. The third kappa shape index (κ3) is 5.81. The SMILES string of the molecule is C#CCCCC(NC)C(OCC)C(C)C. The zero-order chi connectivity index (χ0) is 11.7. The molecule has 1 N–H and O–H groups in total. The molecule has 0 rings (SSSR count). The lowest BCUT2D eigenvalue weighted by atomic mass is 9.95. The van der Waals surface area contributed by atoms with Gasteiger partial charge in [0.25, 0.3) is 0 Å². The Labute approximate surface area is 94.8 Å². The monoisotopic (exact) mass is 211 g/mol. The molecule has 0 heterocycles. The second-order valence-electron chi connectivity index (χ2n) is 4.16. The van der Waals surface area contributed by atoms with Gasteiger partial charge >= 0.3 is 0 Å². The summed E-state index contributed by atoms with van der Waals surface area (Å²) in [4.78, 5) is 0. The summed E-state index contributed by atoms with van der Waals surface area (Å²) in [5.41, 5.74) is 0. The van der Waals surface area contributed by atoms with Gasteiger partial charge < -0.3 is 10.1 Å². The lowest BCUT2D eigenvalue weighted by Gasteiger charge is -2.29. The Bertz CT molecular complexity index is 183. The van der Waals surface area contributed by atoms with E-state index in [1.165, 1.54) is 0 Å². The van der Waals surface area contributed by atoms with Crippen LogP contribution in [0.15, 0.2) is 0 Å². The minimum absolute atomic E-state index is 0.290. The van der Waals surface area contributed by atoms with Crippen LogP contribution in [0.4, 0.5) is 0 Å². The highest BCUT2D eigenvalue weighted by molar-refractivity contribution is 4.85. The quantitative estimate of drug-likeness (QED) is 0.492. The van der Waals surface area contributed by atoms with E-state index in [0.717, 1.165) is 25.9 Å². The minimum Gasteiger partial charge on any atom is -0.377 e. The predicted octanol–water partition coefficient (Wildman–Crippen LogP) is 2.44. The number of unbranched alkanes of at least 4 members (excludes halogenated alkanes) is 1. The van der Waals surface area contributed by atoms with E-state index in [4.69, 9.17) is 11.2 Å². The molecular formula is C13H25NO. The number of hydrogen-bond donors (Lipinski definition) is 1. The molecule has 0 aromatic rings. The van der Waals surface area contributed by atoms with Gasteiger partial charge in [0, 0.05) is 19.1 Å². The van der Waals surface area contributed by atoms with E-state index < -0.39 is 0 Å². The van der Waals surface area contributed by atoms with Crippen LogP contribution in [0.3, 0.4) is 0 Å². The van der Waals surface area contributed by atoms with E-state index in [2.05, 4.69) is 25.1 Å². The summed E-state index contributed by atoms with van der Waals surface area (Å²) in [7, 11) is 1.99. The van der Waals surface area contributed by atoms with Crippen LogP contribution in [0.5, 0.6) is 0 Å². The maximum atomic E-state index is 5.77. The van der Waals surface area contributed by atoms with Crippen molar-refractivity contribution in [3.8, 4) is 12.3 Å². The van der Waals surface area contributed by atoms with Crippen molar-refractivity contribution in [2.24, 2.45) is 5.92 Å². The van der Waals surface area contributed by atoms with Gasteiger partial charge in [-0.3, -0.25) is 0 Å². The van der Waals surface area contributed by atoms with Gasteiger partial charge in [-0.05, 0) is 32.7 Å². The van der Waals surface area contributed by atoms with E-state index in [-0.39, 0.29) is 6.10 Å². The molecule has 2 unspecified atom stereocenters. The summed E-state index contributed by atoms with van der Waals surface area (Å²) in [6, 6.07) is 0.415. The summed E-state index contributed by atoms with van der Waals surface area (Å²) >= 11 is 0. The topological polar surface area (TPSA) is 21.3 Å². The number of hydrogen-bond acceptors (Lipinski definition) is 2. The smallest absolute Gasteiger partial charge is 0.0750 e. The molecule has 0 aliphatic carbocycles. The van der Waals surface area contributed by atoms with Crippen molar-refractivity contribution in [1.29, 1.82) is 0 Å². The van der Waals surface area contributed by atoms with Gasteiger partial charge in [-0.2, -0.15) is 0 Å². The molecule has 88 valence electrons. The molecule has 2 nitrogen and oxygen atoms in total. The third-order valence-corrected chi connectivity index (χ3v) is 2.62. The molecule has 0 bridgehead atoms. The van der Waals surface area contributed by atoms with Gasteiger partial charge in [-0.15, -0.1) is 12.3 Å². The number of likely N-dealkylation sites (N-methyl/N-ethyl adjacent to an activating group) is 1. The predicted molar refractivity (Wildman–Crippen MR) is 65.8 cm³/mol. The fraction of sp³-hybridized carbons (Fsp3) is 0.846. The first kappa shape index (κ1) is 14.5. The Morgan fingerprint density at radius 1 is 1.40 bits per heavy atom. The van der Waals surface area contributed by atoms with Crippen molar-refractivity contribution >= 4 is 0 Å². The van der Waals surface area contributed by atoms with Crippen LogP contribution in [0.1, 0.15) is 40.0 Å². The van der Waals surface area contributed by atoms with E-state index in [0.29, 0.717) is 12.0 Å². The first-order valence-electron chi connectivity index (χ1n) is 5.89. The van der Waals surface area contributed by atoms with Gasteiger partial charge in [0.05, 0.1) is 6.10 Å². The van der Waals surface area contributed by atoms with Crippen molar-refractivity contribution in [2.75, 3.05) is 13.7 Å². The standard InChI is InChI=1S/C13H25NO/c1-6-8-9-10-12(14-5)13(11(3)4)15-7-2/h1,11-14H,7-10H2,2-5H3. The fourth-order valence-electron chi connectivity index (χ4n) is 1.86. The molecule has 0 saturated heterocycles. The van der Waals surface area contributed by atoms with Crippen LogP contribution in [-0.2, 0) is 4.74 Å². The first-order chi connectivity index (χ1) is 7.17. The lowest BCUT2D eigenvalue weighted by molar-refractivity contribution is 0.00294. The number of terminal acetylenes is 1. The first-order valence-corrected chi connectivity index (χ1v) is 5.89. The maximum absolute atomic E-state index is 5.77. The van der Waals surface area contributed by atoms with E-state index in [1.807, 2.05) is 14.0 Å². The summed E-state index contributed by atoms with van der Waals surface area (Å²) in [5.74, 6) is 3.21. The van der Waals surface area contributed by atoms with Gasteiger partial charge in [-0.1, -0.05) is 13.8 Å². The molecule has 0 spiro atoms. The minimum atomic E-state index is 0.290. The van der Waals surface area contributed by atoms with Crippen molar-refractivity contribution in [3.05, 3.63) is 0 Å². The molecule has 0 amide bonds. The number of nitrogens with one attached hydrogen (secondary N) is 1. The molecule has 0 saturated carbocycles. The largest absolute Gasteiger partial charge is 0.377 e. The average molecular weight is 211 g/mol. The number of ether oxygens (including phenoxy) is 1. The molecule has 2 atom stereocenters. The Morgan fingerprint density at radius 2 is 2.07 bits per heavy atom. The average Bonchev–Trinajstić information content (AvgIpc) is 2.22. The Balaban J connectivity index is 4.13. The van der Waals surface area contributed by atoms with Crippen LogP contribution in [0.25, 0.3) is 0 Å². The van der Waals surface area contributed by atoms with Crippen LogP contribution < -0.4 is 5.32 Å². The van der Waals surface area contributed by atoms with E-state index in [1.54, 1.807) is 0 Å². The van der Waals surface area contributed by atoms with Crippen LogP contribution in [-0.4, -0.2) is 25.8 Å². The fourth-order valence-corrected chi connectivity index (χ4v) is 1.86. The van der Waals surface area contributed by atoms with Gasteiger partial charge in [0.2, 0.25) is 0 Å². The van der Waals surface area contributed by atoms with Crippen LogP contribution >= 0.6 is 0 Å². The molecular weight excluding hydrogens is 186 g/mol. The summed E-state index contributed by atoms with van der Waals surface area (Å²) in [6.07, 6.45) is 8.55. The van der Waals surface area contributed by atoms with Gasteiger partial charge in [0.1, 0.15) is 0 Å². The maximum Gasteiger partial charge on any atom is 0.0750 e. The number of rotatable bonds is 8. The van der Waals surface area contributed by atoms with E-state index in [9.17, 15) is 0 Å². The molecule has 0 aromatic heterocycles. The normalized spacial score (nSPS) is 14.9. The molecule has 0 radical (unpaired) electrons. The molecule has 0 aliphatic rings. The summed E-state index contributed by atoms with van der Waals surface area (Å²) < 4.78 is 5.77. The lowest BCUT2D eigenvalue weighted by Crippen LogP contribution is -2.42. The van der Waals surface area contributed by atoms with Crippen LogP contribution in [0.2, 0.25) is 0 Å². The second kappa shape index (κ2) is 8.76. The van der Waals surface area contributed by atoms with Crippen molar-refractivity contribution < 1.29 is 4.74 Å². The Kier molecular flexibility index (Phi) is 8.46. The Morgan fingerprint density at radius 3 is 2.47 bits per heavy atom. The van der Waals surface area contributed by atoms with Crippen molar-refractivity contribution in [1.82, 2.24) is 5.32 Å². The zero-order valence-corrected chi connectivity index (χ0v) is 10.5. The molecule has 2 heteroatoms.